The SMILES string of the molecule is COCCN1CCC[C@@H](c2cc3c(Nc4ccc5scnc5c4)ccnc3s2)[C@@H]1C. The van der Waals surface area contributed by atoms with Crippen molar-refractivity contribution in [3.8, 4) is 0 Å². The van der Waals surface area contributed by atoms with Crippen LogP contribution in [-0.2, 0) is 4.74 Å². The van der Waals surface area contributed by atoms with Crippen LogP contribution in [0.1, 0.15) is 30.6 Å². The summed E-state index contributed by atoms with van der Waals surface area (Å²) < 4.78 is 6.53. The van der Waals surface area contributed by atoms with Gasteiger partial charge in [0.05, 0.1) is 28.0 Å². The van der Waals surface area contributed by atoms with E-state index in [2.05, 4.69) is 57.4 Å². The summed E-state index contributed by atoms with van der Waals surface area (Å²) in [5.74, 6) is 0.550. The molecule has 0 radical (unpaired) electrons. The molecule has 0 unspecified atom stereocenters. The van der Waals surface area contributed by atoms with Gasteiger partial charge in [-0.2, -0.15) is 0 Å². The third-order valence-electron chi connectivity index (χ3n) is 6.13. The van der Waals surface area contributed by atoms with Gasteiger partial charge in [-0.3, -0.25) is 4.90 Å². The summed E-state index contributed by atoms with van der Waals surface area (Å²) in [5.41, 5.74) is 5.10. The van der Waals surface area contributed by atoms with Gasteiger partial charge in [0.1, 0.15) is 4.83 Å². The molecule has 1 fully saturated rings. The molecule has 4 heterocycles. The van der Waals surface area contributed by atoms with E-state index >= 15 is 0 Å². The molecule has 0 spiro atoms. The second-order valence-electron chi connectivity index (χ2n) is 7.90. The van der Waals surface area contributed by atoms with Crippen molar-refractivity contribution in [3.63, 3.8) is 0 Å². The predicted molar refractivity (Wildman–Crippen MR) is 127 cm³/mol. The number of benzene rings is 1. The van der Waals surface area contributed by atoms with Gasteiger partial charge in [-0.25, -0.2) is 9.97 Å². The minimum Gasteiger partial charge on any atom is -0.383 e. The van der Waals surface area contributed by atoms with E-state index in [9.17, 15) is 0 Å². The second-order valence-corrected chi connectivity index (χ2v) is 9.85. The molecule has 1 N–H and O–H groups in total. The first-order chi connectivity index (χ1) is 14.7. The quantitative estimate of drug-likeness (QED) is 0.408. The smallest absolute Gasteiger partial charge is 0.125 e. The van der Waals surface area contributed by atoms with E-state index in [1.165, 1.54) is 27.8 Å². The normalized spacial score (nSPS) is 20.2. The molecular formula is C23H26N4OS2. The molecular weight excluding hydrogens is 412 g/mol. The molecule has 1 saturated heterocycles. The number of thiazole rings is 1. The van der Waals surface area contributed by atoms with Crippen LogP contribution in [0.3, 0.4) is 0 Å². The van der Waals surface area contributed by atoms with Crippen molar-refractivity contribution >= 4 is 54.5 Å². The number of pyridine rings is 1. The average Bonchev–Trinajstić information content (AvgIpc) is 3.40. The number of rotatable bonds is 6. The molecule has 0 saturated carbocycles. The molecule has 1 aliphatic heterocycles. The summed E-state index contributed by atoms with van der Waals surface area (Å²) in [6.45, 7) is 5.32. The Morgan fingerprint density at radius 3 is 3.07 bits per heavy atom. The highest BCUT2D eigenvalue weighted by molar-refractivity contribution is 7.18. The van der Waals surface area contributed by atoms with E-state index in [0.29, 0.717) is 12.0 Å². The molecule has 0 amide bonds. The van der Waals surface area contributed by atoms with Crippen LogP contribution < -0.4 is 5.32 Å². The zero-order valence-electron chi connectivity index (χ0n) is 17.3. The summed E-state index contributed by atoms with van der Waals surface area (Å²) in [5, 5.41) is 4.80. The summed E-state index contributed by atoms with van der Waals surface area (Å²) in [7, 11) is 1.78. The number of methoxy groups -OCH3 is 1. The largest absolute Gasteiger partial charge is 0.383 e. The molecule has 0 bridgehead atoms. The van der Waals surface area contributed by atoms with Crippen LogP contribution in [0.15, 0.2) is 42.0 Å². The van der Waals surface area contributed by atoms with Gasteiger partial charge in [-0.05, 0) is 56.6 Å². The number of nitrogens with zero attached hydrogens (tertiary/aromatic N) is 3. The molecule has 30 heavy (non-hydrogen) atoms. The maximum Gasteiger partial charge on any atom is 0.125 e. The van der Waals surface area contributed by atoms with Gasteiger partial charge in [-0.15, -0.1) is 22.7 Å². The Morgan fingerprint density at radius 1 is 1.23 bits per heavy atom. The third-order valence-corrected chi connectivity index (χ3v) is 8.12. The van der Waals surface area contributed by atoms with Gasteiger partial charge in [0.15, 0.2) is 0 Å². The van der Waals surface area contributed by atoms with Gasteiger partial charge >= 0.3 is 0 Å². The van der Waals surface area contributed by atoms with Gasteiger partial charge in [0.25, 0.3) is 0 Å². The van der Waals surface area contributed by atoms with Crippen molar-refractivity contribution in [2.45, 2.75) is 31.7 Å². The number of nitrogens with one attached hydrogen (secondary N) is 1. The van der Waals surface area contributed by atoms with Crippen LogP contribution in [-0.4, -0.2) is 47.7 Å². The Hall–Kier alpha value is -2.06. The van der Waals surface area contributed by atoms with Crippen LogP contribution >= 0.6 is 22.7 Å². The van der Waals surface area contributed by atoms with E-state index in [4.69, 9.17) is 4.74 Å². The van der Waals surface area contributed by atoms with Crippen LogP contribution in [0.4, 0.5) is 11.4 Å². The average molecular weight is 439 g/mol. The number of piperidine rings is 1. The summed E-state index contributed by atoms with van der Waals surface area (Å²) in [4.78, 5) is 14.2. The topological polar surface area (TPSA) is 50.3 Å². The van der Waals surface area contributed by atoms with Gasteiger partial charge < -0.3 is 10.1 Å². The Morgan fingerprint density at radius 2 is 2.17 bits per heavy atom. The lowest BCUT2D eigenvalue weighted by Crippen LogP contribution is -2.43. The maximum atomic E-state index is 5.31. The van der Waals surface area contributed by atoms with E-state index in [1.54, 1.807) is 18.4 Å². The van der Waals surface area contributed by atoms with Crippen molar-refractivity contribution in [2.24, 2.45) is 0 Å². The van der Waals surface area contributed by atoms with E-state index in [0.717, 1.165) is 41.4 Å². The monoisotopic (exact) mass is 438 g/mol. The number of ether oxygens (including phenoxy) is 1. The lowest BCUT2D eigenvalue weighted by atomic mass is 9.88. The van der Waals surface area contributed by atoms with Crippen LogP contribution in [0.5, 0.6) is 0 Å². The van der Waals surface area contributed by atoms with Crippen molar-refractivity contribution < 1.29 is 4.74 Å². The van der Waals surface area contributed by atoms with E-state index < -0.39 is 0 Å². The molecule has 156 valence electrons. The lowest BCUT2D eigenvalue weighted by molar-refractivity contribution is 0.0924. The Bertz CT molecular complexity index is 1150. The Labute approximate surface area is 184 Å². The first-order valence-electron chi connectivity index (χ1n) is 10.4. The number of likely N-dealkylation sites (tertiary alicyclic amines) is 1. The van der Waals surface area contributed by atoms with Crippen LogP contribution in [0.25, 0.3) is 20.4 Å². The van der Waals surface area contributed by atoms with Gasteiger partial charge in [0, 0.05) is 47.8 Å². The highest BCUT2D eigenvalue weighted by Gasteiger charge is 2.30. The van der Waals surface area contributed by atoms with Crippen molar-refractivity contribution in [3.05, 3.63) is 46.9 Å². The fourth-order valence-corrected chi connectivity index (χ4v) is 6.38. The molecule has 1 aromatic carbocycles. The minimum atomic E-state index is 0.519. The number of hydrogen-bond acceptors (Lipinski definition) is 7. The molecule has 0 aliphatic carbocycles. The molecule has 7 heteroatoms. The summed E-state index contributed by atoms with van der Waals surface area (Å²) >= 11 is 3.51. The standard InChI is InChI=1S/C23H26N4OS2/c1-15-17(4-3-9-27(15)10-11-28-2)22-13-18-19(7-8-24-23(18)30-22)26-16-5-6-21-20(12-16)25-14-29-21/h5-8,12-15,17H,3-4,9-11H2,1-2H3,(H,24,26)/t15-,17+/m0/s1. The zero-order valence-corrected chi connectivity index (χ0v) is 18.9. The minimum absolute atomic E-state index is 0.519. The third kappa shape index (κ3) is 3.83. The first kappa shape index (κ1) is 19.9. The van der Waals surface area contributed by atoms with E-state index in [-0.39, 0.29) is 0 Å². The molecule has 2 atom stereocenters. The fourth-order valence-electron chi connectivity index (χ4n) is 4.46. The van der Waals surface area contributed by atoms with Crippen LogP contribution in [0.2, 0.25) is 0 Å². The van der Waals surface area contributed by atoms with Crippen molar-refractivity contribution in [1.29, 1.82) is 0 Å². The number of fused-ring (bicyclic) bond motifs is 2. The fraction of sp³-hybridized carbons (Fsp3) is 0.391. The summed E-state index contributed by atoms with van der Waals surface area (Å²) in [6.07, 6.45) is 4.38. The second kappa shape index (κ2) is 8.59. The number of hydrogen-bond donors (Lipinski definition) is 1. The molecule has 5 rings (SSSR count). The van der Waals surface area contributed by atoms with Gasteiger partial charge in [-0.1, -0.05) is 0 Å². The van der Waals surface area contributed by atoms with E-state index in [1.807, 2.05) is 23.0 Å². The predicted octanol–water partition coefficient (Wildman–Crippen LogP) is 5.86. The number of thiophene rings is 1. The lowest BCUT2D eigenvalue weighted by Gasteiger charge is -2.39. The molecule has 5 nitrogen and oxygen atoms in total. The Balaban J connectivity index is 1.43. The summed E-state index contributed by atoms with van der Waals surface area (Å²) in [6, 6.07) is 11.3. The highest BCUT2D eigenvalue weighted by Crippen LogP contribution is 2.40. The molecule has 3 aromatic heterocycles. The van der Waals surface area contributed by atoms with Crippen molar-refractivity contribution in [2.75, 3.05) is 32.1 Å². The Kier molecular flexibility index (Phi) is 5.69. The maximum absolute atomic E-state index is 5.31. The van der Waals surface area contributed by atoms with Crippen molar-refractivity contribution in [1.82, 2.24) is 14.9 Å². The first-order valence-corrected chi connectivity index (χ1v) is 12.1. The number of anilines is 2. The van der Waals surface area contributed by atoms with Crippen LogP contribution in [0, 0.1) is 0 Å². The highest BCUT2D eigenvalue weighted by atomic mass is 32.1. The molecule has 4 aromatic rings. The zero-order chi connectivity index (χ0) is 20.5. The molecule has 1 aliphatic rings. The van der Waals surface area contributed by atoms with Gasteiger partial charge in [0.2, 0.25) is 0 Å². The number of aromatic nitrogens is 2.